The lowest BCUT2D eigenvalue weighted by atomic mass is 10.2. The highest BCUT2D eigenvalue weighted by molar-refractivity contribution is 14.0. The molecule has 29 heavy (non-hydrogen) atoms. The zero-order valence-electron chi connectivity index (χ0n) is 17.5. The lowest BCUT2D eigenvalue weighted by molar-refractivity contribution is 0.129. The zero-order valence-corrected chi connectivity index (χ0v) is 21.4. The third-order valence-corrected chi connectivity index (χ3v) is 8.05. The smallest absolute Gasteiger partial charge is 0.252 e. The highest BCUT2D eigenvalue weighted by Crippen LogP contribution is 2.26. The molecule has 0 unspecified atom stereocenters. The largest absolute Gasteiger partial charge is 0.381 e. The summed E-state index contributed by atoms with van der Waals surface area (Å²) in [6.07, 6.45) is 6.19. The minimum absolute atomic E-state index is 0. The summed E-state index contributed by atoms with van der Waals surface area (Å²) in [6.45, 7) is 6.31. The third kappa shape index (κ3) is 9.07. The molecule has 0 saturated carbocycles. The Balaban J connectivity index is 0.00000420. The molecule has 0 atom stereocenters. The number of unbranched alkanes of at least 4 members (excludes halogenated alkanes) is 1. The van der Waals surface area contributed by atoms with Crippen molar-refractivity contribution in [3.8, 4) is 0 Å². The average molecular weight is 559 g/mol. The standard InChI is InChI=1S/C19H34N4O3S2.HI/c1-3-4-14-26-15-8-11-21-19(20-2)22-16-17-9-10-18(27-17)28(24,25)23-12-6-5-7-13-23;/h9-10H,3-8,11-16H2,1-2H3,(H2,20,21,22);1H. The van der Waals surface area contributed by atoms with Crippen molar-refractivity contribution in [2.45, 2.75) is 56.2 Å². The van der Waals surface area contributed by atoms with Gasteiger partial charge in [0.15, 0.2) is 5.96 Å². The van der Waals surface area contributed by atoms with E-state index in [0.717, 1.165) is 63.2 Å². The minimum atomic E-state index is -3.35. The van der Waals surface area contributed by atoms with Crippen molar-refractivity contribution >= 4 is 51.3 Å². The van der Waals surface area contributed by atoms with E-state index in [-0.39, 0.29) is 24.0 Å². The monoisotopic (exact) mass is 558 g/mol. The predicted octanol–water partition coefficient (Wildman–Crippen LogP) is 3.41. The van der Waals surface area contributed by atoms with Crippen LogP contribution in [0, 0.1) is 0 Å². The first kappa shape index (κ1) is 26.6. The second kappa shape index (κ2) is 14.6. The van der Waals surface area contributed by atoms with Gasteiger partial charge in [-0.1, -0.05) is 19.8 Å². The highest BCUT2D eigenvalue weighted by Gasteiger charge is 2.27. The van der Waals surface area contributed by atoms with Crippen molar-refractivity contribution < 1.29 is 13.2 Å². The number of guanidine groups is 1. The zero-order chi connectivity index (χ0) is 20.2. The van der Waals surface area contributed by atoms with E-state index in [2.05, 4.69) is 22.5 Å². The van der Waals surface area contributed by atoms with Crippen LogP contribution >= 0.6 is 35.3 Å². The molecule has 2 N–H and O–H groups in total. The molecular formula is C19H35IN4O3S2. The van der Waals surface area contributed by atoms with Gasteiger partial charge in [0.25, 0.3) is 10.0 Å². The van der Waals surface area contributed by atoms with Crippen LogP contribution in [-0.4, -0.2) is 58.6 Å². The summed E-state index contributed by atoms with van der Waals surface area (Å²) < 4.78 is 33.0. The molecule has 0 bridgehead atoms. The average Bonchev–Trinajstić information content (AvgIpc) is 3.20. The van der Waals surface area contributed by atoms with Crippen LogP contribution < -0.4 is 10.6 Å². The van der Waals surface area contributed by atoms with Gasteiger partial charge in [0, 0.05) is 44.8 Å². The summed E-state index contributed by atoms with van der Waals surface area (Å²) >= 11 is 1.33. The highest BCUT2D eigenvalue weighted by atomic mass is 127. The maximum atomic E-state index is 12.7. The molecule has 1 aromatic heterocycles. The molecule has 0 spiro atoms. The van der Waals surface area contributed by atoms with Crippen molar-refractivity contribution in [2.75, 3.05) is 39.9 Å². The van der Waals surface area contributed by atoms with Crippen molar-refractivity contribution in [3.63, 3.8) is 0 Å². The van der Waals surface area contributed by atoms with E-state index in [1.165, 1.54) is 11.3 Å². The van der Waals surface area contributed by atoms with Crippen LogP contribution in [0.1, 0.15) is 50.3 Å². The summed E-state index contributed by atoms with van der Waals surface area (Å²) in [6, 6.07) is 3.60. The first-order chi connectivity index (χ1) is 13.6. The first-order valence-corrected chi connectivity index (χ1v) is 12.4. The van der Waals surface area contributed by atoms with Crippen LogP contribution in [0.5, 0.6) is 0 Å². The van der Waals surface area contributed by atoms with Gasteiger partial charge >= 0.3 is 0 Å². The molecule has 1 saturated heterocycles. The number of rotatable bonds is 11. The molecule has 2 heterocycles. The first-order valence-electron chi connectivity index (χ1n) is 10.2. The number of sulfonamides is 1. The van der Waals surface area contributed by atoms with E-state index in [4.69, 9.17) is 4.74 Å². The Bertz CT molecular complexity index is 704. The van der Waals surface area contributed by atoms with E-state index >= 15 is 0 Å². The molecule has 168 valence electrons. The number of nitrogens with zero attached hydrogens (tertiary/aromatic N) is 2. The number of nitrogens with one attached hydrogen (secondary N) is 2. The number of ether oxygens (including phenoxy) is 1. The fourth-order valence-corrected chi connectivity index (χ4v) is 5.91. The Labute approximate surface area is 196 Å². The third-order valence-electron chi connectivity index (χ3n) is 4.60. The van der Waals surface area contributed by atoms with Gasteiger partial charge in [0.05, 0.1) is 6.54 Å². The topological polar surface area (TPSA) is 83.0 Å². The lowest BCUT2D eigenvalue weighted by Crippen LogP contribution is -2.37. The molecule has 0 aromatic carbocycles. The summed E-state index contributed by atoms with van der Waals surface area (Å²) in [5.41, 5.74) is 0. The number of piperidine rings is 1. The van der Waals surface area contributed by atoms with Gasteiger partial charge in [0.2, 0.25) is 0 Å². The van der Waals surface area contributed by atoms with E-state index in [9.17, 15) is 8.42 Å². The molecule has 0 amide bonds. The summed E-state index contributed by atoms with van der Waals surface area (Å²) in [7, 11) is -1.62. The van der Waals surface area contributed by atoms with Crippen LogP contribution in [0.4, 0.5) is 0 Å². The predicted molar refractivity (Wildman–Crippen MR) is 131 cm³/mol. The molecular weight excluding hydrogens is 523 g/mol. The van der Waals surface area contributed by atoms with Gasteiger partial charge in [-0.15, -0.1) is 35.3 Å². The number of halogens is 1. The molecule has 0 aliphatic carbocycles. The van der Waals surface area contributed by atoms with Crippen molar-refractivity contribution in [1.29, 1.82) is 0 Å². The van der Waals surface area contributed by atoms with Crippen LogP contribution in [0.2, 0.25) is 0 Å². The van der Waals surface area contributed by atoms with Crippen LogP contribution in [0.3, 0.4) is 0 Å². The molecule has 1 fully saturated rings. The summed E-state index contributed by atoms with van der Waals surface area (Å²) in [5.74, 6) is 0.711. The van der Waals surface area contributed by atoms with Gasteiger partial charge in [-0.05, 0) is 37.8 Å². The second-order valence-electron chi connectivity index (χ2n) is 6.86. The summed E-state index contributed by atoms with van der Waals surface area (Å²) in [5, 5.41) is 6.50. The van der Waals surface area contributed by atoms with Gasteiger partial charge in [0.1, 0.15) is 4.21 Å². The van der Waals surface area contributed by atoms with Gasteiger partial charge in [-0.2, -0.15) is 4.31 Å². The van der Waals surface area contributed by atoms with Crippen molar-refractivity contribution in [3.05, 3.63) is 17.0 Å². The Morgan fingerprint density at radius 1 is 1.17 bits per heavy atom. The Morgan fingerprint density at radius 3 is 2.59 bits per heavy atom. The molecule has 10 heteroatoms. The lowest BCUT2D eigenvalue weighted by Gasteiger charge is -2.25. The number of aliphatic imine (C=N–C) groups is 1. The fourth-order valence-electron chi connectivity index (χ4n) is 2.95. The maximum absolute atomic E-state index is 12.7. The molecule has 0 radical (unpaired) electrons. The van der Waals surface area contributed by atoms with E-state index < -0.39 is 10.0 Å². The van der Waals surface area contributed by atoms with Crippen LogP contribution in [0.25, 0.3) is 0 Å². The molecule has 7 nitrogen and oxygen atoms in total. The minimum Gasteiger partial charge on any atom is -0.381 e. The number of hydrogen-bond donors (Lipinski definition) is 2. The van der Waals surface area contributed by atoms with E-state index in [1.54, 1.807) is 17.4 Å². The van der Waals surface area contributed by atoms with Crippen LogP contribution in [0.15, 0.2) is 21.3 Å². The Hall–Kier alpha value is -0.430. The second-order valence-corrected chi connectivity index (χ2v) is 10.2. The van der Waals surface area contributed by atoms with Crippen molar-refractivity contribution in [1.82, 2.24) is 14.9 Å². The van der Waals surface area contributed by atoms with Gasteiger partial charge < -0.3 is 15.4 Å². The van der Waals surface area contributed by atoms with Gasteiger partial charge in [-0.25, -0.2) is 8.42 Å². The van der Waals surface area contributed by atoms with Crippen LogP contribution in [-0.2, 0) is 21.3 Å². The molecule has 1 aliphatic rings. The maximum Gasteiger partial charge on any atom is 0.252 e. The Morgan fingerprint density at radius 2 is 1.90 bits per heavy atom. The number of hydrogen-bond acceptors (Lipinski definition) is 5. The number of thiophene rings is 1. The summed E-state index contributed by atoms with van der Waals surface area (Å²) in [4.78, 5) is 5.18. The van der Waals surface area contributed by atoms with Crippen molar-refractivity contribution in [2.24, 2.45) is 4.99 Å². The quantitative estimate of drug-likeness (QED) is 0.188. The fraction of sp³-hybridized carbons (Fsp3) is 0.737. The van der Waals surface area contributed by atoms with E-state index in [0.29, 0.717) is 29.8 Å². The van der Waals surface area contributed by atoms with E-state index in [1.807, 2.05) is 6.07 Å². The molecule has 1 aliphatic heterocycles. The SMILES string of the molecule is CCCCOCCCNC(=NC)NCc1ccc(S(=O)(=O)N2CCCCC2)s1.I. The normalized spacial score (nSPS) is 15.7. The van der Waals surface area contributed by atoms with Gasteiger partial charge in [-0.3, -0.25) is 4.99 Å². The molecule has 2 rings (SSSR count). The Kier molecular flexibility index (Phi) is 13.4. The molecule has 1 aromatic rings.